The van der Waals surface area contributed by atoms with Crippen LogP contribution in [-0.4, -0.2) is 24.8 Å². The first-order valence-corrected chi connectivity index (χ1v) is 4.69. The van der Waals surface area contributed by atoms with E-state index in [4.69, 9.17) is 0 Å². The van der Waals surface area contributed by atoms with E-state index in [0.717, 1.165) is 0 Å². The minimum Gasteiger partial charge on any atom is -0.373 e. The van der Waals surface area contributed by atoms with Gasteiger partial charge in [0.2, 0.25) is 0 Å². The molecule has 0 radical (unpaired) electrons. The quantitative estimate of drug-likeness (QED) is 0.831. The van der Waals surface area contributed by atoms with E-state index in [0.29, 0.717) is 12.1 Å². The maximum absolute atomic E-state index is 12.5. The Morgan fingerprint density at radius 1 is 1.06 bits per heavy atom. The lowest BCUT2D eigenvalue weighted by molar-refractivity contribution is -0.137. The first-order chi connectivity index (χ1) is 8.12. The molecule has 0 unspecified atom stereocenters. The molecule has 0 aliphatic heterocycles. The highest BCUT2D eigenvalue weighted by Gasteiger charge is 2.32. The lowest BCUT2D eigenvalue weighted by Gasteiger charge is -2.13. The molecule has 0 atom stereocenters. The van der Waals surface area contributed by atoms with Crippen molar-refractivity contribution in [3.63, 3.8) is 0 Å². The van der Waals surface area contributed by atoms with Gasteiger partial charge in [-0.1, -0.05) is 0 Å². The normalized spacial score (nSPS) is 12.4. The first kappa shape index (κ1) is 14.4. The van der Waals surface area contributed by atoms with E-state index < -0.39 is 30.3 Å². The van der Waals surface area contributed by atoms with Crippen LogP contribution in [0.4, 0.5) is 38.0 Å². The van der Waals surface area contributed by atoms with Gasteiger partial charge in [-0.3, -0.25) is 0 Å². The number of nitrogens with zero attached hydrogens (tertiary/aromatic N) is 1. The van der Waals surface area contributed by atoms with E-state index >= 15 is 0 Å². The van der Waals surface area contributed by atoms with Gasteiger partial charge < -0.3 is 10.6 Å². The minimum absolute atomic E-state index is 0.172. The molecule has 3 nitrogen and oxygen atoms in total. The summed E-state index contributed by atoms with van der Waals surface area (Å²) in [5.74, 6) is -0.666. The predicted octanol–water partition coefficient (Wildman–Crippen LogP) is 3.12. The fraction of sp³-hybridized carbons (Fsp3) is 0.444. The summed E-state index contributed by atoms with van der Waals surface area (Å²) in [6.45, 7) is -1.45. The Balaban J connectivity index is 2.98. The van der Waals surface area contributed by atoms with Gasteiger partial charge >= 0.3 is 12.4 Å². The molecule has 1 aromatic rings. The highest BCUT2D eigenvalue weighted by Crippen LogP contribution is 2.32. The van der Waals surface area contributed by atoms with Gasteiger partial charge in [0.25, 0.3) is 0 Å². The van der Waals surface area contributed by atoms with Gasteiger partial charge in [0.1, 0.15) is 18.2 Å². The van der Waals surface area contributed by atoms with Crippen LogP contribution in [0, 0.1) is 0 Å². The SMILES string of the molecule is CNc1cc(C(F)(F)F)cc(NCC(F)(F)F)n1. The van der Waals surface area contributed by atoms with Gasteiger partial charge in [-0.05, 0) is 12.1 Å². The summed E-state index contributed by atoms with van der Waals surface area (Å²) < 4.78 is 73.1. The molecule has 0 spiro atoms. The third kappa shape index (κ3) is 4.30. The number of rotatable bonds is 3. The second-order valence-electron chi connectivity index (χ2n) is 3.34. The van der Waals surface area contributed by atoms with E-state index in [-0.39, 0.29) is 5.82 Å². The molecule has 1 rings (SSSR count). The minimum atomic E-state index is -4.65. The number of hydrogen-bond donors (Lipinski definition) is 2. The Bertz CT molecular complexity index is 412. The summed E-state index contributed by atoms with van der Waals surface area (Å²) in [6.07, 6.45) is -9.18. The highest BCUT2D eigenvalue weighted by atomic mass is 19.4. The molecule has 0 bridgehead atoms. The summed E-state index contributed by atoms with van der Waals surface area (Å²) in [5, 5.41) is 4.14. The number of pyridine rings is 1. The number of hydrogen-bond acceptors (Lipinski definition) is 3. The zero-order valence-corrected chi connectivity index (χ0v) is 9.08. The van der Waals surface area contributed by atoms with Gasteiger partial charge in [0.15, 0.2) is 0 Å². The van der Waals surface area contributed by atoms with Gasteiger partial charge in [-0.25, -0.2) is 4.98 Å². The summed E-state index contributed by atoms with van der Waals surface area (Å²) >= 11 is 0. The van der Waals surface area contributed by atoms with Crippen LogP contribution in [0.5, 0.6) is 0 Å². The fourth-order valence-corrected chi connectivity index (χ4v) is 1.10. The Labute approximate surface area is 98.2 Å². The van der Waals surface area contributed by atoms with Crippen molar-refractivity contribution in [2.75, 3.05) is 24.2 Å². The molecule has 18 heavy (non-hydrogen) atoms. The second kappa shape index (κ2) is 4.91. The topological polar surface area (TPSA) is 37.0 Å². The molecule has 0 aliphatic carbocycles. The van der Waals surface area contributed by atoms with Crippen molar-refractivity contribution in [3.8, 4) is 0 Å². The second-order valence-corrected chi connectivity index (χ2v) is 3.34. The lowest BCUT2D eigenvalue weighted by Crippen LogP contribution is -2.22. The van der Waals surface area contributed by atoms with E-state index in [1.54, 1.807) is 5.32 Å². The van der Waals surface area contributed by atoms with Gasteiger partial charge in [0.05, 0.1) is 5.56 Å². The molecule has 0 saturated carbocycles. The predicted molar refractivity (Wildman–Crippen MR) is 53.3 cm³/mol. The van der Waals surface area contributed by atoms with Gasteiger partial charge in [0, 0.05) is 7.05 Å². The van der Waals surface area contributed by atoms with Crippen LogP contribution in [0.15, 0.2) is 12.1 Å². The molecule has 1 aromatic heterocycles. The van der Waals surface area contributed by atoms with E-state index in [9.17, 15) is 26.3 Å². The maximum Gasteiger partial charge on any atom is 0.416 e. The molecule has 0 amide bonds. The molecular formula is C9H9F6N3. The molecular weight excluding hydrogens is 264 g/mol. The van der Waals surface area contributed by atoms with Crippen molar-refractivity contribution in [2.45, 2.75) is 12.4 Å². The van der Waals surface area contributed by atoms with Crippen LogP contribution in [0.25, 0.3) is 0 Å². The number of halogens is 6. The van der Waals surface area contributed by atoms with Gasteiger partial charge in [-0.2, -0.15) is 26.3 Å². The molecule has 0 aromatic carbocycles. The number of alkyl halides is 6. The summed E-state index contributed by atoms with van der Waals surface area (Å²) in [7, 11) is 1.32. The monoisotopic (exact) mass is 273 g/mol. The molecule has 102 valence electrons. The molecule has 1 heterocycles. The Morgan fingerprint density at radius 2 is 1.61 bits per heavy atom. The van der Waals surface area contributed by atoms with Crippen LogP contribution in [0.3, 0.4) is 0 Å². The van der Waals surface area contributed by atoms with Crippen LogP contribution in [0.1, 0.15) is 5.56 Å². The summed E-state index contributed by atoms with van der Waals surface area (Å²) in [4.78, 5) is 3.55. The number of anilines is 2. The molecule has 9 heteroatoms. The third-order valence-electron chi connectivity index (χ3n) is 1.88. The number of aromatic nitrogens is 1. The van der Waals surface area contributed by atoms with Crippen molar-refractivity contribution in [3.05, 3.63) is 17.7 Å². The highest BCUT2D eigenvalue weighted by molar-refractivity contribution is 5.49. The standard InChI is InChI=1S/C9H9F6N3/c1-16-6-2-5(9(13,14)15)3-7(18-6)17-4-8(10,11)12/h2-3H,4H2,1H3,(H2,16,17,18). The first-order valence-electron chi connectivity index (χ1n) is 4.69. The van der Waals surface area contributed by atoms with Crippen LogP contribution >= 0.6 is 0 Å². The van der Waals surface area contributed by atoms with E-state index in [1.165, 1.54) is 7.05 Å². The smallest absolute Gasteiger partial charge is 0.373 e. The van der Waals surface area contributed by atoms with Crippen LogP contribution in [-0.2, 0) is 6.18 Å². The zero-order chi connectivity index (χ0) is 14.0. The molecule has 2 N–H and O–H groups in total. The average molecular weight is 273 g/mol. The molecule has 0 fully saturated rings. The van der Waals surface area contributed by atoms with Crippen molar-refractivity contribution in [1.29, 1.82) is 0 Å². The lowest BCUT2D eigenvalue weighted by atomic mass is 10.2. The molecule has 0 saturated heterocycles. The van der Waals surface area contributed by atoms with Crippen molar-refractivity contribution >= 4 is 11.6 Å². The zero-order valence-electron chi connectivity index (χ0n) is 9.08. The number of nitrogens with one attached hydrogen (secondary N) is 2. The maximum atomic E-state index is 12.5. The third-order valence-corrected chi connectivity index (χ3v) is 1.88. The van der Waals surface area contributed by atoms with Crippen molar-refractivity contribution < 1.29 is 26.3 Å². The largest absolute Gasteiger partial charge is 0.416 e. The van der Waals surface area contributed by atoms with Crippen LogP contribution in [0.2, 0.25) is 0 Å². The Morgan fingerprint density at radius 3 is 2.06 bits per heavy atom. The Hall–Kier alpha value is -1.67. The van der Waals surface area contributed by atoms with Crippen LogP contribution < -0.4 is 10.6 Å². The molecule has 0 aliphatic rings. The summed E-state index contributed by atoms with van der Waals surface area (Å²) in [6, 6.07) is 1.23. The fourth-order valence-electron chi connectivity index (χ4n) is 1.10. The van der Waals surface area contributed by atoms with Gasteiger partial charge in [-0.15, -0.1) is 0 Å². The Kier molecular flexibility index (Phi) is 3.92. The van der Waals surface area contributed by atoms with E-state index in [2.05, 4.69) is 10.3 Å². The summed E-state index contributed by atoms with van der Waals surface area (Å²) in [5.41, 5.74) is -1.08. The van der Waals surface area contributed by atoms with E-state index in [1.807, 2.05) is 0 Å². The van der Waals surface area contributed by atoms with Crippen molar-refractivity contribution in [2.24, 2.45) is 0 Å². The average Bonchev–Trinajstić information content (AvgIpc) is 2.24. The van der Waals surface area contributed by atoms with Crippen molar-refractivity contribution in [1.82, 2.24) is 4.98 Å².